The SMILES string of the molecule is [2H]C([2H])(c1ccc(F)cc1)S(=O)(=O)OC1=C(N)O[C@]([2H])(c2ccc(CC)cc2)C1=O. The van der Waals surface area contributed by atoms with Crippen molar-refractivity contribution in [2.75, 3.05) is 0 Å². The number of ketones is 1. The average molecular weight is 394 g/mol. The third-order valence-electron chi connectivity index (χ3n) is 3.75. The summed E-state index contributed by atoms with van der Waals surface area (Å²) in [4.78, 5) is 12.8. The average Bonchev–Trinajstić information content (AvgIpc) is 2.92. The molecule has 0 fully saturated rings. The van der Waals surface area contributed by atoms with Crippen molar-refractivity contribution >= 4 is 15.9 Å². The first-order chi connectivity index (χ1) is 13.9. The number of carbonyl (C=O) groups is 1. The van der Waals surface area contributed by atoms with Crippen LogP contribution in [0.1, 0.15) is 33.8 Å². The molecule has 1 heterocycles. The van der Waals surface area contributed by atoms with Crippen LogP contribution in [0.15, 0.2) is 60.2 Å². The lowest BCUT2D eigenvalue weighted by molar-refractivity contribution is -0.123. The van der Waals surface area contributed by atoms with Gasteiger partial charge >= 0.3 is 10.1 Å². The Kier molecular flexibility index (Phi) is 4.17. The van der Waals surface area contributed by atoms with Gasteiger partial charge in [0.2, 0.25) is 17.4 Å². The van der Waals surface area contributed by atoms with Crippen LogP contribution in [0.2, 0.25) is 0 Å². The van der Waals surface area contributed by atoms with Gasteiger partial charge in [-0.3, -0.25) is 4.79 Å². The number of benzene rings is 2. The lowest BCUT2D eigenvalue weighted by Gasteiger charge is -2.10. The first kappa shape index (κ1) is 15.2. The molecule has 0 saturated heterocycles. The number of Topliss-reactive ketones (excluding diaryl/α,β-unsaturated/α-hetero) is 1. The predicted octanol–water partition coefficient (Wildman–Crippen LogP) is 2.70. The Balaban J connectivity index is 1.91. The molecule has 6 nitrogen and oxygen atoms in total. The molecule has 2 N–H and O–H groups in total. The van der Waals surface area contributed by atoms with E-state index in [9.17, 15) is 17.6 Å². The van der Waals surface area contributed by atoms with Gasteiger partial charge in [0, 0.05) is 5.56 Å². The van der Waals surface area contributed by atoms with Gasteiger partial charge < -0.3 is 14.7 Å². The summed E-state index contributed by atoms with van der Waals surface area (Å²) in [6.07, 6.45) is -1.64. The topological polar surface area (TPSA) is 95.7 Å². The predicted molar refractivity (Wildman–Crippen MR) is 96.0 cm³/mol. The summed E-state index contributed by atoms with van der Waals surface area (Å²) >= 11 is 0. The highest BCUT2D eigenvalue weighted by atomic mass is 32.2. The van der Waals surface area contributed by atoms with E-state index in [2.05, 4.69) is 0 Å². The minimum atomic E-state index is -5.13. The first-order valence-electron chi connectivity index (χ1n) is 9.45. The molecule has 1 aliphatic heterocycles. The van der Waals surface area contributed by atoms with Crippen LogP contribution >= 0.6 is 0 Å². The van der Waals surface area contributed by atoms with Crippen molar-refractivity contribution in [3.8, 4) is 0 Å². The van der Waals surface area contributed by atoms with Gasteiger partial charge in [-0.25, -0.2) is 4.39 Å². The van der Waals surface area contributed by atoms with Gasteiger partial charge in [-0.2, -0.15) is 8.42 Å². The van der Waals surface area contributed by atoms with Crippen LogP contribution < -0.4 is 5.73 Å². The zero-order chi connectivity index (χ0) is 22.3. The highest BCUT2D eigenvalue weighted by Crippen LogP contribution is 2.32. The lowest BCUT2D eigenvalue weighted by atomic mass is 10.0. The summed E-state index contributed by atoms with van der Waals surface area (Å²) in [5, 5.41) is 0. The van der Waals surface area contributed by atoms with Crippen LogP contribution in [0.25, 0.3) is 0 Å². The Morgan fingerprint density at radius 1 is 1.19 bits per heavy atom. The molecule has 2 aromatic carbocycles. The van der Waals surface area contributed by atoms with Gasteiger partial charge in [-0.1, -0.05) is 43.3 Å². The molecular weight excluding hydrogens is 373 g/mol. The van der Waals surface area contributed by atoms with E-state index in [0.29, 0.717) is 0 Å². The van der Waals surface area contributed by atoms with E-state index in [4.69, 9.17) is 18.8 Å². The van der Waals surface area contributed by atoms with Crippen molar-refractivity contribution in [1.29, 1.82) is 0 Å². The summed E-state index contributed by atoms with van der Waals surface area (Å²) in [5.41, 5.74) is 3.10. The van der Waals surface area contributed by atoms with Crippen LogP contribution in [0.4, 0.5) is 4.39 Å². The molecule has 2 aromatic rings. The van der Waals surface area contributed by atoms with Crippen molar-refractivity contribution in [1.82, 2.24) is 0 Å². The number of carbonyl (C=O) groups excluding carboxylic acids is 1. The smallest absolute Gasteiger partial charge is 0.313 e. The van der Waals surface area contributed by atoms with Crippen molar-refractivity contribution in [2.24, 2.45) is 5.73 Å². The molecule has 0 amide bonds. The minimum absolute atomic E-state index is 0.102. The van der Waals surface area contributed by atoms with Crippen LogP contribution in [0.3, 0.4) is 0 Å². The van der Waals surface area contributed by atoms with Gasteiger partial charge in [-0.15, -0.1) is 0 Å². The molecule has 0 spiro atoms. The van der Waals surface area contributed by atoms with E-state index < -0.39 is 50.7 Å². The maximum atomic E-state index is 13.1. The standard InChI is InChI=1S/C19H18FNO5S/c1-2-12-3-7-14(8-4-12)17-16(22)18(19(21)25-17)26-27(23,24)11-13-5-9-15(20)10-6-13/h3-10,17H,2,11,21H2,1H3/t17-/m1/s1/i11D2,17D. The molecule has 0 bridgehead atoms. The highest BCUT2D eigenvalue weighted by molar-refractivity contribution is 7.86. The molecule has 0 aromatic heterocycles. The lowest BCUT2D eigenvalue weighted by Crippen LogP contribution is -2.16. The second-order valence-electron chi connectivity index (χ2n) is 5.65. The molecule has 0 saturated carbocycles. The van der Waals surface area contributed by atoms with Crippen molar-refractivity contribution in [3.05, 3.63) is 82.7 Å². The van der Waals surface area contributed by atoms with E-state index in [1.807, 2.05) is 6.92 Å². The molecule has 142 valence electrons. The molecule has 27 heavy (non-hydrogen) atoms. The first-order valence-corrected chi connectivity index (χ1v) is 9.36. The van der Waals surface area contributed by atoms with Crippen LogP contribution in [0, 0.1) is 5.82 Å². The van der Waals surface area contributed by atoms with Gasteiger partial charge in [0.1, 0.15) is 11.5 Å². The molecule has 8 heteroatoms. The maximum absolute atomic E-state index is 13.1. The molecule has 1 aliphatic rings. The number of hydrogen-bond acceptors (Lipinski definition) is 6. The van der Waals surface area contributed by atoms with E-state index in [1.165, 1.54) is 12.1 Å². The fourth-order valence-electron chi connectivity index (χ4n) is 2.37. The van der Waals surface area contributed by atoms with Crippen molar-refractivity contribution in [3.63, 3.8) is 0 Å². The quantitative estimate of drug-likeness (QED) is 0.757. The summed E-state index contributed by atoms with van der Waals surface area (Å²) in [5.74, 6) is -3.63. The van der Waals surface area contributed by atoms with Gasteiger partial charge in [-0.05, 0) is 29.7 Å². The molecule has 0 unspecified atom stereocenters. The second-order valence-corrected chi connectivity index (χ2v) is 6.93. The molecule has 0 radical (unpaired) electrons. The molecule has 3 rings (SSSR count). The third-order valence-corrected chi connectivity index (χ3v) is 4.62. The van der Waals surface area contributed by atoms with Crippen LogP contribution in [-0.4, -0.2) is 14.2 Å². The number of nitrogens with two attached hydrogens (primary N) is 1. The normalized spacial score (nSPS) is 22.0. The maximum Gasteiger partial charge on any atom is 0.313 e. The summed E-state index contributed by atoms with van der Waals surface area (Å²) < 4.78 is 72.2. The molecular formula is C19H18FNO5S. The Bertz CT molecular complexity index is 1120. The largest absolute Gasteiger partial charge is 0.460 e. The Morgan fingerprint density at radius 3 is 2.37 bits per heavy atom. The van der Waals surface area contributed by atoms with Crippen LogP contribution in [-0.2, 0) is 36.0 Å². The van der Waals surface area contributed by atoms with Gasteiger partial charge in [0.05, 0.1) is 4.11 Å². The number of rotatable bonds is 6. The Labute approximate surface area is 160 Å². The van der Waals surface area contributed by atoms with Gasteiger partial charge in [0.15, 0.2) is 6.08 Å². The number of aryl methyl sites for hydroxylation is 1. The molecule has 0 aliphatic carbocycles. The Morgan fingerprint density at radius 2 is 1.78 bits per heavy atom. The Hall–Kier alpha value is -2.87. The van der Waals surface area contributed by atoms with E-state index in [0.717, 1.165) is 36.2 Å². The highest BCUT2D eigenvalue weighted by Gasteiger charge is 2.39. The van der Waals surface area contributed by atoms with Crippen LogP contribution in [0.5, 0.6) is 0 Å². The minimum Gasteiger partial charge on any atom is -0.460 e. The number of ether oxygens (including phenoxy) is 1. The van der Waals surface area contributed by atoms with Gasteiger partial charge in [0.25, 0.3) is 0 Å². The summed E-state index contributed by atoms with van der Waals surface area (Å²) in [6, 6.07) is 9.96. The van der Waals surface area contributed by atoms with E-state index in [-0.39, 0.29) is 5.56 Å². The third kappa shape index (κ3) is 4.28. The zero-order valence-electron chi connectivity index (χ0n) is 17.2. The number of halogens is 1. The summed E-state index contributed by atoms with van der Waals surface area (Å²) in [7, 11) is -5.13. The monoisotopic (exact) mass is 394 g/mol. The molecule has 1 atom stereocenters. The van der Waals surface area contributed by atoms with Crippen molar-refractivity contribution < 1.29 is 30.6 Å². The van der Waals surface area contributed by atoms with E-state index in [1.54, 1.807) is 12.1 Å². The van der Waals surface area contributed by atoms with E-state index >= 15 is 0 Å². The van der Waals surface area contributed by atoms with Crippen molar-refractivity contribution in [2.45, 2.75) is 25.1 Å². The summed E-state index contributed by atoms with van der Waals surface area (Å²) in [6.45, 7) is 1.92. The second kappa shape index (κ2) is 7.40. The zero-order valence-corrected chi connectivity index (χ0v) is 15.0. The number of hydrogen-bond donors (Lipinski definition) is 1. The fraction of sp³-hybridized carbons (Fsp3) is 0.211. The fourth-order valence-corrected chi connectivity index (χ4v) is 3.21.